The van der Waals surface area contributed by atoms with E-state index in [0.29, 0.717) is 6.54 Å². The Balaban J connectivity index is 2.36. The van der Waals surface area contributed by atoms with Gasteiger partial charge in [0.1, 0.15) is 6.33 Å². The third kappa shape index (κ3) is 3.26. The topological polar surface area (TPSA) is 42.7 Å². The van der Waals surface area contributed by atoms with Crippen LogP contribution < -0.4 is 5.32 Å². The van der Waals surface area contributed by atoms with Crippen LogP contribution in [0, 0.1) is 12.3 Å². The van der Waals surface area contributed by atoms with Crippen LogP contribution in [0.3, 0.4) is 0 Å². The zero-order valence-corrected chi connectivity index (χ0v) is 7.82. The first-order valence-corrected chi connectivity index (χ1v) is 4.33. The van der Waals surface area contributed by atoms with Gasteiger partial charge in [0.25, 0.3) is 0 Å². The number of aromatic nitrogens is 3. The summed E-state index contributed by atoms with van der Waals surface area (Å²) in [6.45, 7) is 1.56. The maximum Gasteiger partial charge on any atom is 0.164 e. The molecule has 0 aliphatic carbocycles. The molecule has 0 bridgehead atoms. The molecule has 0 fully saturated rings. The lowest BCUT2D eigenvalue weighted by atomic mass is 10.3. The smallest absolute Gasteiger partial charge is 0.164 e. The molecule has 0 saturated heterocycles. The Kier molecular flexibility index (Phi) is 4.00. The summed E-state index contributed by atoms with van der Waals surface area (Å²) in [5.74, 6) is 3.42. The van der Waals surface area contributed by atoms with Gasteiger partial charge in [0.15, 0.2) is 5.82 Å². The van der Waals surface area contributed by atoms with Crippen molar-refractivity contribution in [1.29, 1.82) is 0 Å². The van der Waals surface area contributed by atoms with Crippen LogP contribution in [0.5, 0.6) is 0 Å². The fourth-order valence-electron chi connectivity index (χ4n) is 1.02. The number of hydrogen-bond donors (Lipinski definition) is 1. The minimum absolute atomic E-state index is 0.710. The van der Waals surface area contributed by atoms with E-state index in [2.05, 4.69) is 21.3 Å². The largest absolute Gasteiger partial charge is 0.313 e. The van der Waals surface area contributed by atoms with Gasteiger partial charge in [-0.1, -0.05) is 0 Å². The number of hydrogen-bond acceptors (Lipinski definition) is 3. The molecular formula is C9H14N4. The Morgan fingerprint density at radius 1 is 1.69 bits per heavy atom. The van der Waals surface area contributed by atoms with Crippen molar-refractivity contribution in [2.45, 2.75) is 25.9 Å². The van der Waals surface area contributed by atoms with Crippen LogP contribution in [-0.2, 0) is 13.1 Å². The van der Waals surface area contributed by atoms with Gasteiger partial charge in [0.2, 0.25) is 0 Å². The fourth-order valence-corrected chi connectivity index (χ4v) is 1.02. The van der Waals surface area contributed by atoms with E-state index < -0.39 is 0 Å². The summed E-state index contributed by atoms with van der Waals surface area (Å²) in [5.41, 5.74) is 0. The first-order chi connectivity index (χ1) is 6.36. The first-order valence-electron chi connectivity index (χ1n) is 4.33. The second kappa shape index (κ2) is 5.33. The molecule has 70 valence electrons. The van der Waals surface area contributed by atoms with Gasteiger partial charge in [-0.2, -0.15) is 5.10 Å². The van der Waals surface area contributed by atoms with Crippen LogP contribution >= 0.6 is 0 Å². The summed E-state index contributed by atoms with van der Waals surface area (Å²) in [6, 6.07) is 0. The summed E-state index contributed by atoms with van der Waals surface area (Å²) >= 11 is 0. The molecule has 4 nitrogen and oxygen atoms in total. The number of nitrogens with one attached hydrogen (secondary N) is 1. The fraction of sp³-hybridized carbons (Fsp3) is 0.556. The predicted molar refractivity (Wildman–Crippen MR) is 50.9 cm³/mol. The highest BCUT2D eigenvalue weighted by Gasteiger charge is 1.97. The SMILES string of the molecule is C#CCCCn1cnc(CNC)n1. The van der Waals surface area contributed by atoms with Crippen LogP contribution in [0.2, 0.25) is 0 Å². The molecular weight excluding hydrogens is 164 g/mol. The molecule has 13 heavy (non-hydrogen) atoms. The molecule has 0 atom stereocenters. The first kappa shape index (κ1) is 9.75. The standard InChI is InChI=1S/C9H14N4/c1-3-4-5-6-13-8-11-9(12-13)7-10-2/h1,8,10H,4-7H2,2H3. The Morgan fingerprint density at radius 2 is 2.54 bits per heavy atom. The van der Waals surface area contributed by atoms with Crippen molar-refractivity contribution in [3.8, 4) is 12.3 Å². The van der Waals surface area contributed by atoms with Crippen molar-refractivity contribution in [1.82, 2.24) is 20.1 Å². The normalized spacial score (nSPS) is 9.85. The zero-order chi connectivity index (χ0) is 9.52. The Labute approximate surface area is 78.4 Å². The van der Waals surface area contributed by atoms with Crippen molar-refractivity contribution < 1.29 is 0 Å². The van der Waals surface area contributed by atoms with Gasteiger partial charge >= 0.3 is 0 Å². The molecule has 1 N–H and O–H groups in total. The predicted octanol–water partition coefficient (Wildman–Crippen LogP) is 0.411. The third-order valence-corrected chi connectivity index (χ3v) is 1.63. The highest BCUT2D eigenvalue weighted by Crippen LogP contribution is 1.94. The zero-order valence-electron chi connectivity index (χ0n) is 7.82. The van der Waals surface area contributed by atoms with E-state index in [0.717, 1.165) is 25.2 Å². The molecule has 0 amide bonds. The van der Waals surface area contributed by atoms with Gasteiger partial charge in [-0.15, -0.1) is 12.3 Å². The van der Waals surface area contributed by atoms with Crippen LogP contribution in [-0.4, -0.2) is 21.8 Å². The Hall–Kier alpha value is -1.34. The molecule has 1 rings (SSSR count). The highest BCUT2D eigenvalue weighted by atomic mass is 15.3. The Bertz CT molecular complexity index is 284. The summed E-state index contributed by atoms with van der Waals surface area (Å²) in [6.07, 6.45) is 8.63. The highest BCUT2D eigenvalue weighted by molar-refractivity contribution is 4.84. The monoisotopic (exact) mass is 178 g/mol. The molecule has 0 aliphatic heterocycles. The third-order valence-electron chi connectivity index (χ3n) is 1.63. The number of nitrogens with zero attached hydrogens (tertiary/aromatic N) is 3. The van der Waals surface area contributed by atoms with Crippen molar-refractivity contribution in [3.63, 3.8) is 0 Å². The van der Waals surface area contributed by atoms with Crippen molar-refractivity contribution >= 4 is 0 Å². The summed E-state index contributed by atoms with van der Waals surface area (Å²) in [7, 11) is 1.87. The molecule has 0 aliphatic rings. The number of rotatable bonds is 5. The van der Waals surface area contributed by atoms with Crippen molar-refractivity contribution in [3.05, 3.63) is 12.2 Å². The maximum absolute atomic E-state index is 5.14. The van der Waals surface area contributed by atoms with Gasteiger partial charge in [-0.3, -0.25) is 4.68 Å². The second-order valence-corrected chi connectivity index (χ2v) is 2.76. The molecule has 0 saturated carbocycles. The van der Waals surface area contributed by atoms with E-state index in [1.54, 1.807) is 6.33 Å². The van der Waals surface area contributed by atoms with Crippen LogP contribution in [0.1, 0.15) is 18.7 Å². The number of aryl methyl sites for hydroxylation is 1. The lowest BCUT2D eigenvalue weighted by molar-refractivity contribution is 0.575. The van der Waals surface area contributed by atoms with E-state index in [1.165, 1.54) is 0 Å². The van der Waals surface area contributed by atoms with Gasteiger partial charge in [-0.05, 0) is 13.5 Å². The minimum Gasteiger partial charge on any atom is -0.313 e. The molecule has 0 aromatic carbocycles. The molecule has 1 heterocycles. The number of unbranched alkanes of at least 4 members (excludes halogenated alkanes) is 1. The molecule has 0 unspecified atom stereocenters. The molecule has 0 radical (unpaired) electrons. The van der Waals surface area contributed by atoms with Crippen LogP contribution in [0.15, 0.2) is 6.33 Å². The van der Waals surface area contributed by atoms with Crippen molar-refractivity contribution in [2.24, 2.45) is 0 Å². The summed E-state index contributed by atoms with van der Waals surface area (Å²) in [4.78, 5) is 4.12. The lowest BCUT2D eigenvalue weighted by Gasteiger charge is -1.96. The van der Waals surface area contributed by atoms with Crippen LogP contribution in [0.4, 0.5) is 0 Å². The van der Waals surface area contributed by atoms with E-state index in [-0.39, 0.29) is 0 Å². The second-order valence-electron chi connectivity index (χ2n) is 2.76. The van der Waals surface area contributed by atoms with Gasteiger partial charge in [0, 0.05) is 13.0 Å². The maximum atomic E-state index is 5.14. The Morgan fingerprint density at radius 3 is 3.23 bits per heavy atom. The van der Waals surface area contributed by atoms with E-state index in [1.807, 2.05) is 11.7 Å². The molecule has 1 aromatic heterocycles. The van der Waals surface area contributed by atoms with E-state index >= 15 is 0 Å². The molecule has 4 heteroatoms. The number of terminal acetylenes is 1. The van der Waals surface area contributed by atoms with Crippen molar-refractivity contribution in [2.75, 3.05) is 7.05 Å². The summed E-state index contributed by atoms with van der Waals surface area (Å²) < 4.78 is 1.82. The van der Waals surface area contributed by atoms with Gasteiger partial charge in [0.05, 0.1) is 6.54 Å². The average Bonchev–Trinajstić information content (AvgIpc) is 2.54. The summed E-state index contributed by atoms with van der Waals surface area (Å²) in [5, 5.41) is 7.24. The van der Waals surface area contributed by atoms with Gasteiger partial charge < -0.3 is 5.32 Å². The van der Waals surface area contributed by atoms with Crippen LogP contribution in [0.25, 0.3) is 0 Å². The van der Waals surface area contributed by atoms with Gasteiger partial charge in [-0.25, -0.2) is 4.98 Å². The van der Waals surface area contributed by atoms with E-state index in [9.17, 15) is 0 Å². The molecule has 0 spiro atoms. The minimum atomic E-state index is 0.710. The average molecular weight is 178 g/mol. The molecule has 1 aromatic rings. The lowest BCUT2D eigenvalue weighted by Crippen LogP contribution is -2.07. The quantitative estimate of drug-likeness (QED) is 0.524. The van der Waals surface area contributed by atoms with E-state index in [4.69, 9.17) is 6.42 Å².